The summed E-state index contributed by atoms with van der Waals surface area (Å²) in [5.74, 6) is -0.520. The van der Waals surface area contributed by atoms with Crippen LogP contribution in [0.1, 0.15) is 61.0 Å². The second-order valence-corrected chi connectivity index (χ2v) is 19.5. The number of pyridine rings is 1. The van der Waals surface area contributed by atoms with Crippen LogP contribution in [0, 0.1) is 15.5 Å². The number of fused-ring (bicyclic) bond motifs is 2. The van der Waals surface area contributed by atoms with Gasteiger partial charge in [0.15, 0.2) is 0 Å². The summed E-state index contributed by atoms with van der Waals surface area (Å²) in [5.41, 5.74) is 7.81. The number of ether oxygens (including phenoxy) is 3. The number of rotatable bonds is 12. The Hall–Kier alpha value is -5.78. The summed E-state index contributed by atoms with van der Waals surface area (Å²) in [5, 5.41) is 16.7. The van der Waals surface area contributed by atoms with Crippen molar-refractivity contribution in [3.05, 3.63) is 122 Å². The van der Waals surface area contributed by atoms with Crippen molar-refractivity contribution in [3.8, 4) is 5.88 Å². The molecule has 5 aromatic rings. The molecule has 1 aliphatic carbocycles. The SMILES string of the molecule is CC1(C)CCC(CN2CC=C(c3ccc(C(=O)NS(=O)(=O)c4ccc(NCC5COCCO5)c([N+](=O)[O-])c4)c(N4CCOc5nc6[nH]ccc6cc54)c3)CC2)=C(c2ccc(Cl)cc2)C1. The molecular weight excluding hydrogens is 858 g/mol. The van der Waals surface area contributed by atoms with Crippen LogP contribution in [0.4, 0.5) is 22.7 Å². The van der Waals surface area contributed by atoms with Crippen LogP contribution in [0.5, 0.6) is 5.88 Å². The molecule has 5 heterocycles. The average Bonchev–Trinajstić information content (AvgIpc) is 3.76. The number of nitro benzene ring substituents is 1. The van der Waals surface area contributed by atoms with E-state index in [0.29, 0.717) is 49.3 Å². The highest BCUT2D eigenvalue weighted by Gasteiger charge is 2.32. The standard InChI is InChI=1S/C47H50ClN7O8S/c1-47(2)15-11-34(39(26-47)31-3-6-35(48)7-4-31)28-53-17-13-30(14-18-53)32-5-9-38(41(23-32)54-19-20-63-46-43(54)24-33-12-16-49-44(33)51-46)45(56)52-64(59,60)37-8-10-40(42(25-37)55(57)58)50-27-36-29-61-21-22-62-36/h3-10,12-13,16,23-25,36,50H,11,14-15,17-22,26-29H2,1-2H3,(H,49,51)(H,52,56). The first-order valence-electron chi connectivity index (χ1n) is 21.5. The zero-order valence-corrected chi connectivity index (χ0v) is 37.3. The van der Waals surface area contributed by atoms with Crippen molar-refractivity contribution in [1.29, 1.82) is 0 Å². The molecule has 2 aromatic heterocycles. The number of allylic oxidation sites excluding steroid dienone is 1. The van der Waals surface area contributed by atoms with Crippen molar-refractivity contribution in [2.24, 2.45) is 5.41 Å². The van der Waals surface area contributed by atoms with E-state index in [-0.39, 0.29) is 35.9 Å². The maximum Gasteiger partial charge on any atom is 0.293 e. The molecule has 0 radical (unpaired) electrons. The van der Waals surface area contributed by atoms with Crippen molar-refractivity contribution in [2.75, 3.05) is 69.4 Å². The lowest BCUT2D eigenvalue weighted by atomic mass is 9.72. The summed E-state index contributed by atoms with van der Waals surface area (Å²) < 4.78 is 46.9. The number of aromatic amines is 1. The molecule has 1 amide bonds. The second kappa shape index (κ2) is 18.0. The number of benzene rings is 3. The van der Waals surface area contributed by atoms with Gasteiger partial charge in [-0.15, -0.1) is 0 Å². The third-order valence-corrected chi connectivity index (χ3v) is 14.0. The first-order chi connectivity index (χ1) is 30.8. The van der Waals surface area contributed by atoms with Gasteiger partial charge in [-0.3, -0.25) is 19.8 Å². The third kappa shape index (κ3) is 9.38. The van der Waals surface area contributed by atoms with E-state index in [1.807, 2.05) is 41.3 Å². The van der Waals surface area contributed by atoms with Crippen molar-refractivity contribution >= 4 is 72.5 Å². The molecule has 0 spiro atoms. The zero-order chi connectivity index (χ0) is 44.6. The molecule has 64 heavy (non-hydrogen) atoms. The number of halogens is 1. The highest BCUT2D eigenvalue weighted by molar-refractivity contribution is 7.90. The Labute approximate surface area is 376 Å². The quantitative estimate of drug-likeness (QED) is 0.0806. The summed E-state index contributed by atoms with van der Waals surface area (Å²) in [6.07, 6.45) is 7.65. The van der Waals surface area contributed by atoms with Gasteiger partial charge in [0.1, 0.15) is 23.6 Å². The molecular formula is C47H50ClN7O8S. The van der Waals surface area contributed by atoms with Crippen molar-refractivity contribution in [3.63, 3.8) is 0 Å². The van der Waals surface area contributed by atoms with Gasteiger partial charge in [-0.2, -0.15) is 4.98 Å². The van der Waals surface area contributed by atoms with Gasteiger partial charge >= 0.3 is 0 Å². The number of aromatic nitrogens is 2. The Balaban J connectivity index is 0.998. The number of sulfonamides is 1. The number of anilines is 3. The van der Waals surface area contributed by atoms with Gasteiger partial charge in [0.2, 0.25) is 5.88 Å². The topological polar surface area (TPSA) is 181 Å². The average molecular weight is 908 g/mol. The van der Waals surface area contributed by atoms with Crippen LogP contribution < -0.4 is 19.7 Å². The molecule has 334 valence electrons. The molecule has 3 aromatic carbocycles. The molecule has 3 aliphatic heterocycles. The summed E-state index contributed by atoms with van der Waals surface area (Å²) in [7, 11) is -4.59. The van der Waals surface area contributed by atoms with E-state index in [9.17, 15) is 23.3 Å². The minimum Gasteiger partial charge on any atom is -0.474 e. The molecule has 3 N–H and O–H groups in total. The van der Waals surface area contributed by atoms with E-state index < -0.39 is 31.4 Å². The van der Waals surface area contributed by atoms with Gasteiger partial charge in [0.25, 0.3) is 21.6 Å². The van der Waals surface area contributed by atoms with Gasteiger partial charge in [0.05, 0.1) is 53.5 Å². The minimum atomic E-state index is -4.59. The van der Waals surface area contributed by atoms with Gasteiger partial charge in [-0.1, -0.05) is 55.3 Å². The van der Waals surface area contributed by atoms with E-state index in [1.54, 1.807) is 12.3 Å². The lowest BCUT2D eigenvalue weighted by molar-refractivity contribution is -0.384. The van der Waals surface area contributed by atoms with Crippen LogP contribution in [0.3, 0.4) is 0 Å². The predicted molar refractivity (Wildman–Crippen MR) is 247 cm³/mol. The van der Waals surface area contributed by atoms with Gasteiger partial charge in [-0.25, -0.2) is 13.1 Å². The number of nitrogens with zero attached hydrogens (tertiary/aromatic N) is 4. The summed E-state index contributed by atoms with van der Waals surface area (Å²) in [6.45, 7) is 9.16. The van der Waals surface area contributed by atoms with E-state index in [1.165, 1.54) is 28.8 Å². The molecule has 1 fully saturated rings. The highest BCUT2D eigenvalue weighted by Crippen LogP contribution is 2.44. The molecule has 1 saturated heterocycles. The monoisotopic (exact) mass is 907 g/mol. The lowest BCUT2D eigenvalue weighted by Gasteiger charge is -2.36. The number of nitrogens with one attached hydrogen (secondary N) is 3. The Bertz CT molecular complexity index is 2780. The second-order valence-electron chi connectivity index (χ2n) is 17.4. The fraction of sp³-hybridized carbons (Fsp3) is 0.362. The number of hydrogen-bond acceptors (Lipinski definition) is 12. The highest BCUT2D eigenvalue weighted by atomic mass is 35.5. The minimum absolute atomic E-state index is 0.0942. The first kappa shape index (κ1) is 43.5. The van der Waals surface area contributed by atoms with Crippen molar-refractivity contribution in [1.82, 2.24) is 19.6 Å². The van der Waals surface area contributed by atoms with E-state index in [0.717, 1.165) is 72.9 Å². The number of carbonyl (C=O) groups excluding carboxylic acids is 1. The maximum atomic E-state index is 14.3. The van der Waals surface area contributed by atoms with Gasteiger partial charge in [-0.05, 0) is 102 Å². The molecule has 17 heteroatoms. The smallest absolute Gasteiger partial charge is 0.293 e. The Morgan fingerprint density at radius 2 is 1.83 bits per heavy atom. The summed E-state index contributed by atoms with van der Waals surface area (Å²) >= 11 is 6.26. The summed E-state index contributed by atoms with van der Waals surface area (Å²) in [6, 6.07) is 20.9. The van der Waals surface area contributed by atoms with Crippen LogP contribution in [-0.2, 0) is 19.5 Å². The number of H-pyrrole nitrogens is 1. The molecule has 15 nitrogen and oxygen atoms in total. The molecule has 9 rings (SSSR count). The Kier molecular flexibility index (Phi) is 12.2. The van der Waals surface area contributed by atoms with Crippen LogP contribution in [0.2, 0.25) is 5.02 Å². The Morgan fingerprint density at radius 1 is 1.00 bits per heavy atom. The summed E-state index contributed by atoms with van der Waals surface area (Å²) in [4.78, 5) is 37.5. The molecule has 0 saturated carbocycles. The fourth-order valence-corrected chi connectivity index (χ4v) is 10.1. The third-order valence-electron chi connectivity index (χ3n) is 12.4. The number of carbonyl (C=O) groups is 1. The molecule has 1 atom stereocenters. The van der Waals surface area contributed by atoms with Crippen molar-refractivity contribution in [2.45, 2.75) is 50.5 Å². The van der Waals surface area contributed by atoms with Crippen LogP contribution >= 0.6 is 11.6 Å². The van der Waals surface area contributed by atoms with Crippen LogP contribution in [-0.4, -0.2) is 99.4 Å². The zero-order valence-electron chi connectivity index (χ0n) is 35.7. The number of amides is 1. The first-order valence-corrected chi connectivity index (χ1v) is 23.4. The van der Waals surface area contributed by atoms with Crippen LogP contribution in [0.25, 0.3) is 22.2 Å². The fourth-order valence-electron chi connectivity index (χ4n) is 8.95. The normalized spacial score (nSPS) is 19.1. The van der Waals surface area contributed by atoms with Crippen molar-refractivity contribution < 1.29 is 32.3 Å². The maximum absolute atomic E-state index is 14.3. The Morgan fingerprint density at radius 3 is 2.59 bits per heavy atom. The molecule has 1 unspecified atom stereocenters. The number of hydrogen-bond donors (Lipinski definition) is 3. The predicted octanol–water partition coefficient (Wildman–Crippen LogP) is 8.35. The van der Waals surface area contributed by atoms with E-state index >= 15 is 0 Å². The lowest BCUT2D eigenvalue weighted by Crippen LogP contribution is -2.35. The number of nitro groups is 1. The van der Waals surface area contributed by atoms with Gasteiger partial charge in [0, 0.05) is 48.9 Å². The van der Waals surface area contributed by atoms with E-state index in [4.69, 9.17) is 25.8 Å². The molecule has 4 aliphatic rings. The largest absolute Gasteiger partial charge is 0.474 e. The molecule has 0 bridgehead atoms. The van der Waals surface area contributed by atoms with Gasteiger partial charge < -0.3 is 29.4 Å². The van der Waals surface area contributed by atoms with Crippen LogP contribution in [0.15, 0.2) is 95.5 Å². The van der Waals surface area contributed by atoms with E-state index in [2.05, 4.69) is 57.0 Å².